The summed E-state index contributed by atoms with van der Waals surface area (Å²) in [5, 5.41) is 18.1. The molecule has 0 bridgehead atoms. The quantitative estimate of drug-likeness (QED) is 0.611. The molecule has 0 saturated heterocycles. The number of anilines is 2. The zero-order chi connectivity index (χ0) is 20.0. The van der Waals surface area contributed by atoms with E-state index in [4.69, 9.17) is 4.74 Å². The Hall–Kier alpha value is -3.10. The normalized spacial score (nSPS) is 22.6. The molecule has 152 valence electrons. The highest BCUT2D eigenvalue weighted by Gasteiger charge is 2.40. The highest BCUT2D eigenvalue weighted by Crippen LogP contribution is 2.37. The van der Waals surface area contributed by atoms with Crippen LogP contribution in [0.15, 0.2) is 24.5 Å². The Morgan fingerprint density at radius 2 is 2.21 bits per heavy atom. The van der Waals surface area contributed by atoms with E-state index >= 15 is 0 Å². The number of nitrogens with zero attached hydrogens (tertiary/aromatic N) is 4. The first kappa shape index (κ1) is 18.0. The number of carbonyl (C=O) groups excluding carboxylic acids is 1. The van der Waals surface area contributed by atoms with Crippen LogP contribution in [0.25, 0.3) is 5.52 Å². The second-order valence-electron chi connectivity index (χ2n) is 8.45. The van der Waals surface area contributed by atoms with E-state index in [1.54, 1.807) is 10.7 Å². The van der Waals surface area contributed by atoms with E-state index in [1.807, 2.05) is 32.2 Å². The van der Waals surface area contributed by atoms with Crippen LogP contribution in [0.3, 0.4) is 0 Å². The molecule has 0 unspecified atom stereocenters. The third-order valence-electron chi connectivity index (χ3n) is 5.86. The molecule has 0 spiro atoms. The van der Waals surface area contributed by atoms with E-state index in [-0.39, 0.29) is 17.7 Å². The first-order valence-electron chi connectivity index (χ1n) is 10.1. The predicted molar refractivity (Wildman–Crippen MR) is 107 cm³/mol. The minimum absolute atomic E-state index is 0.0488. The summed E-state index contributed by atoms with van der Waals surface area (Å²) in [6.45, 7) is 4.00. The van der Waals surface area contributed by atoms with Gasteiger partial charge in [-0.2, -0.15) is 10.2 Å². The first-order valence-corrected chi connectivity index (χ1v) is 10.1. The van der Waals surface area contributed by atoms with Crippen molar-refractivity contribution in [2.45, 2.75) is 63.5 Å². The van der Waals surface area contributed by atoms with E-state index in [1.165, 1.54) is 0 Å². The largest absolute Gasteiger partial charge is 0.446 e. The topological polar surface area (TPSA) is 109 Å². The summed E-state index contributed by atoms with van der Waals surface area (Å²) in [4.78, 5) is 16.4. The predicted octanol–water partition coefficient (Wildman–Crippen LogP) is 3.42. The molecule has 0 radical (unpaired) electrons. The summed E-state index contributed by atoms with van der Waals surface area (Å²) < 4.78 is 7.41. The Labute approximate surface area is 168 Å². The van der Waals surface area contributed by atoms with Gasteiger partial charge in [0.05, 0.1) is 5.69 Å². The van der Waals surface area contributed by atoms with Gasteiger partial charge >= 0.3 is 6.09 Å². The lowest BCUT2D eigenvalue weighted by molar-refractivity contribution is 0.0967. The van der Waals surface area contributed by atoms with Crippen LogP contribution in [0, 0.1) is 6.92 Å². The average molecular weight is 395 g/mol. The minimum Gasteiger partial charge on any atom is -0.446 e. The zero-order valence-corrected chi connectivity index (χ0v) is 16.6. The lowest BCUT2D eigenvalue weighted by atomic mass is 10.0. The zero-order valence-electron chi connectivity index (χ0n) is 16.6. The number of H-pyrrole nitrogens is 1. The molecule has 29 heavy (non-hydrogen) atoms. The van der Waals surface area contributed by atoms with Gasteiger partial charge < -0.3 is 15.4 Å². The molecule has 0 aliphatic heterocycles. The summed E-state index contributed by atoms with van der Waals surface area (Å²) in [5.41, 5.74) is 2.83. The van der Waals surface area contributed by atoms with Gasteiger partial charge in [0.2, 0.25) is 0 Å². The van der Waals surface area contributed by atoms with Crippen molar-refractivity contribution in [2.24, 2.45) is 0 Å². The van der Waals surface area contributed by atoms with Gasteiger partial charge in [-0.05, 0) is 52.0 Å². The summed E-state index contributed by atoms with van der Waals surface area (Å²) in [5.74, 6) is 1.72. The van der Waals surface area contributed by atoms with Crippen LogP contribution in [0.1, 0.15) is 56.3 Å². The molecule has 3 aromatic heterocycles. The van der Waals surface area contributed by atoms with Crippen molar-refractivity contribution in [3.63, 3.8) is 0 Å². The number of fused-ring (bicyclic) bond motifs is 1. The number of alkyl carbamates (subject to hydrolysis) is 1. The van der Waals surface area contributed by atoms with E-state index in [0.29, 0.717) is 17.6 Å². The summed E-state index contributed by atoms with van der Waals surface area (Å²) >= 11 is 0. The van der Waals surface area contributed by atoms with Gasteiger partial charge in [0.1, 0.15) is 11.6 Å². The number of hydrogen-bond acceptors (Lipinski definition) is 6. The van der Waals surface area contributed by atoms with Gasteiger partial charge in [0.15, 0.2) is 11.6 Å². The van der Waals surface area contributed by atoms with E-state index in [0.717, 1.165) is 49.0 Å². The van der Waals surface area contributed by atoms with Gasteiger partial charge in [-0.15, -0.1) is 0 Å². The van der Waals surface area contributed by atoms with Crippen molar-refractivity contribution < 1.29 is 9.53 Å². The highest BCUT2D eigenvalue weighted by atomic mass is 16.6. The monoisotopic (exact) mass is 395 g/mol. The molecule has 1 amide bonds. The average Bonchev–Trinajstić information content (AvgIpc) is 3.09. The summed E-state index contributed by atoms with van der Waals surface area (Å²) in [6, 6.07) is 3.99. The van der Waals surface area contributed by atoms with Gasteiger partial charge in [-0.25, -0.2) is 14.3 Å². The third-order valence-corrected chi connectivity index (χ3v) is 5.86. The number of carbonyl (C=O) groups is 1. The minimum atomic E-state index is -0.294. The van der Waals surface area contributed by atoms with Gasteiger partial charge in [-0.1, -0.05) is 0 Å². The number of aromatic nitrogens is 5. The molecule has 2 atom stereocenters. The summed E-state index contributed by atoms with van der Waals surface area (Å²) in [7, 11) is 0. The Morgan fingerprint density at radius 3 is 3.03 bits per heavy atom. The van der Waals surface area contributed by atoms with Crippen LogP contribution in [0.4, 0.5) is 16.4 Å². The number of aryl methyl sites for hydroxylation is 1. The van der Waals surface area contributed by atoms with Gasteiger partial charge in [0.25, 0.3) is 0 Å². The molecular weight excluding hydrogens is 370 g/mol. The highest BCUT2D eigenvalue weighted by molar-refractivity contribution is 5.72. The molecular formula is C20H25N7O2. The molecule has 3 heterocycles. The SMILES string of the molecule is Cc1cc2c(Nc3cc([C@H]4CC[C@@H](OC(=O)NC5(C)CC5)C4)[nH]n3)nccn2n1. The van der Waals surface area contributed by atoms with Crippen molar-refractivity contribution in [3.8, 4) is 0 Å². The number of amides is 1. The molecule has 2 aliphatic rings. The lowest BCUT2D eigenvalue weighted by Crippen LogP contribution is -2.36. The fourth-order valence-electron chi connectivity index (χ4n) is 3.94. The Kier molecular flexibility index (Phi) is 4.18. The summed E-state index contributed by atoms with van der Waals surface area (Å²) in [6.07, 6.45) is 7.88. The van der Waals surface area contributed by atoms with Gasteiger partial charge in [0, 0.05) is 35.6 Å². The molecule has 0 aromatic carbocycles. The Morgan fingerprint density at radius 1 is 1.34 bits per heavy atom. The maximum atomic E-state index is 12.0. The second kappa shape index (κ2) is 6.75. The Bertz CT molecular complexity index is 1050. The fraction of sp³-hybridized carbons (Fsp3) is 0.500. The number of aromatic amines is 1. The van der Waals surface area contributed by atoms with Crippen LogP contribution in [-0.4, -0.2) is 42.5 Å². The number of ether oxygens (including phenoxy) is 1. The molecule has 2 fully saturated rings. The standard InChI is InChI=1S/C20H25N7O2/c1-12-9-16-18(21-7-8-27(16)26-12)22-17-11-15(24-25-17)13-3-4-14(10-13)29-19(28)23-20(2)5-6-20/h7-9,11,13-14H,3-6,10H2,1-2H3,(H,23,28)(H2,21,22,24,25)/t13-,14+/m0/s1. The lowest BCUT2D eigenvalue weighted by Gasteiger charge is -2.16. The molecule has 5 rings (SSSR count). The molecule has 9 nitrogen and oxygen atoms in total. The number of nitrogens with one attached hydrogen (secondary N) is 3. The van der Waals surface area contributed by atoms with Crippen LogP contribution in [0.5, 0.6) is 0 Å². The van der Waals surface area contributed by atoms with Gasteiger partial charge in [-0.3, -0.25) is 5.10 Å². The van der Waals surface area contributed by atoms with E-state index in [2.05, 4.69) is 30.9 Å². The molecule has 3 aromatic rings. The van der Waals surface area contributed by atoms with Crippen LogP contribution in [-0.2, 0) is 4.74 Å². The number of rotatable bonds is 5. The van der Waals surface area contributed by atoms with E-state index in [9.17, 15) is 4.79 Å². The van der Waals surface area contributed by atoms with Crippen molar-refractivity contribution >= 4 is 23.2 Å². The molecule has 2 saturated carbocycles. The maximum absolute atomic E-state index is 12.0. The molecule has 9 heteroatoms. The van der Waals surface area contributed by atoms with Crippen LogP contribution in [0.2, 0.25) is 0 Å². The van der Waals surface area contributed by atoms with Crippen molar-refractivity contribution in [1.82, 2.24) is 30.1 Å². The van der Waals surface area contributed by atoms with Crippen molar-refractivity contribution in [2.75, 3.05) is 5.32 Å². The fourth-order valence-corrected chi connectivity index (χ4v) is 3.94. The van der Waals surface area contributed by atoms with E-state index < -0.39 is 0 Å². The third kappa shape index (κ3) is 3.76. The molecule has 2 aliphatic carbocycles. The second-order valence-corrected chi connectivity index (χ2v) is 8.45. The van der Waals surface area contributed by atoms with Crippen LogP contribution < -0.4 is 10.6 Å². The smallest absolute Gasteiger partial charge is 0.407 e. The van der Waals surface area contributed by atoms with Crippen molar-refractivity contribution in [3.05, 3.63) is 35.9 Å². The number of hydrogen-bond donors (Lipinski definition) is 3. The first-order chi connectivity index (χ1) is 14.0. The molecule has 3 N–H and O–H groups in total. The van der Waals surface area contributed by atoms with Crippen LogP contribution >= 0.6 is 0 Å². The maximum Gasteiger partial charge on any atom is 0.407 e. The van der Waals surface area contributed by atoms with Crippen molar-refractivity contribution in [1.29, 1.82) is 0 Å². The Balaban J connectivity index is 1.22.